The largest absolute Gasteiger partial charge is 0.353 e. The molecule has 0 aliphatic carbocycles. The standard InChI is InChI=1S/C25H29N9O2/c1-17(2)30-22(35)15-32-9-11-33(12-10-32)25(36)18-3-5-20(6-4-18)31-23-24-28-16-29-34(24)21(14-27-23)19-7-8-26-13-19/h3-7,13-14,16-17H,8-12,15H2,1-2H3,(H,27,31)(H,30,35). The van der Waals surface area contributed by atoms with Gasteiger partial charge in [0, 0.05) is 55.3 Å². The Balaban J connectivity index is 1.20. The van der Waals surface area contributed by atoms with E-state index >= 15 is 0 Å². The number of benzene rings is 1. The molecule has 4 heterocycles. The summed E-state index contributed by atoms with van der Waals surface area (Å²) >= 11 is 0. The van der Waals surface area contributed by atoms with E-state index in [1.54, 1.807) is 10.7 Å². The molecular formula is C25H29N9O2. The fourth-order valence-corrected chi connectivity index (χ4v) is 4.32. The van der Waals surface area contributed by atoms with Crippen molar-refractivity contribution in [1.82, 2.24) is 34.7 Å². The third-order valence-corrected chi connectivity index (χ3v) is 6.12. The highest BCUT2D eigenvalue weighted by molar-refractivity contribution is 6.11. The summed E-state index contributed by atoms with van der Waals surface area (Å²) in [6, 6.07) is 7.45. The molecule has 3 aromatic rings. The second-order valence-electron chi connectivity index (χ2n) is 9.13. The fraction of sp³-hybridized carbons (Fsp3) is 0.360. The molecule has 2 N–H and O–H groups in total. The molecule has 2 aliphatic heterocycles. The number of nitrogens with one attached hydrogen (secondary N) is 2. The molecule has 11 nitrogen and oxygen atoms in total. The van der Waals surface area contributed by atoms with Crippen molar-refractivity contribution in [2.45, 2.75) is 19.9 Å². The van der Waals surface area contributed by atoms with Crippen LogP contribution in [0, 0.1) is 0 Å². The number of aromatic nitrogens is 4. The number of fused-ring (bicyclic) bond motifs is 1. The molecule has 2 amide bonds. The van der Waals surface area contributed by atoms with Crippen LogP contribution in [0.1, 0.15) is 29.9 Å². The van der Waals surface area contributed by atoms with Crippen molar-refractivity contribution in [3.63, 3.8) is 0 Å². The number of nitrogens with zero attached hydrogens (tertiary/aromatic N) is 7. The topological polar surface area (TPSA) is 120 Å². The predicted molar refractivity (Wildman–Crippen MR) is 137 cm³/mol. The summed E-state index contributed by atoms with van der Waals surface area (Å²) in [6.07, 6.45) is 7.07. The maximum Gasteiger partial charge on any atom is 0.253 e. The van der Waals surface area contributed by atoms with Gasteiger partial charge in [0.25, 0.3) is 5.91 Å². The molecule has 0 spiro atoms. The summed E-state index contributed by atoms with van der Waals surface area (Å²) < 4.78 is 1.74. The van der Waals surface area contributed by atoms with Crippen LogP contribution >= 0.6 is 0 Å². The number of amides is 2. The van der Waals surface area contributed by atoms with Crippen molar-refractivity contribution >= 4 is 40.8 Å². The molecule has 0 saturated carbocycles. The highest BCUT2D eigenvalue weighted by atomic mass is 16.2. The molecule has 5 rings (SSSR count). The molecule has 0 radical (unpaired) electrons. The number of hydrogen-bond donors (Lipinski definition) is 2. The van der Waals surface area contributed by atoms with Gasteiger partial charge in [0.2, 0.25) is 5.91 Å². The van der Waals surface area contributed by atoms with Crippen LogP contribution in [0.4, 0.5) is 11.5 Å². The Kier molecular flexibility index (Phi) is 6.72. The molecule has 36 heavy (non-hydrogen) atoms. The van der Waals surface area contributed by atoms with Gasteiger partial charge in [-0.15, -0.1) is 0 Å². The second-order valence-corrected chi connectivity index (χ2v) is 9.13. The van der Waals surface area contributed by atoms with Crippen molar-refractivity contribution in [1.29, 1.82) is 0 Å². The van der Waals surface area contributed by atoms with Gasteiger partial charge < -0.3 is 15.5 Å². The Labute approximate surface area is 208 Å². The highest BCUT2D eigenvalue weighted by Gasteiger charge is 2.23. The number of carbonyl (C=O) groups is 2. The summed E-state index contributed by atoms with van der Waals surface area (Å²) in [7, 11) is 0. The maximum absolute atomic E-state index is 13.0. The van der Waals surface area contributed by atoms with Crippen molar-refractivity contribution < 1.29 is 9.59 Å². The van der Waals surface area contributed by atoms with Crippen LogP contribution in [0.15, 0.2) is 47.9 Å². The van der Waals surface area contributed by atoms with Crippen molar-refractivity contribution in [2.24, 2.45) is 4.99 Å². The van der Waals surface area contributed by atoms with Crippen LogP contribution in [0.3, 0.4) is 0 Å². The number of hydrogen-bond acceptors (Lipinski definition) is 8. The van der Waals surface area contributed by atoms with Gasteiger partial charge in [-0.1, -0.05) is 6.08 Å². The summed E-state index contributed by atoms with van der Waals surface area (Å²) in [5.41, 5.74) is 3.81. The fourth-order valence-electron chi connectivity index (χ4n) is 4.32. The van der Waals surface area contributed by atoms with Crippen LogP contribution in [-0.4, -0.2) is 92.7 Å². The van der Waals surface area contributed by atoms with Gasteiger partial charge in [-0.2, -0.15) is 5.10 Å². The first kappa shape index (κ1) is 23.6. The quantitative estimate of drug-likeness (QED) is 0.520. The molecular weight excluding hydrogens is 458 g/mol. The molecule has 1 fully saturated rings. The molecule has 0 unspecified atom stereocenters. The highest BCUT2D eigenvalue weighted by Crippen LogP contribution is 2.23. The molecule has 0 atom stereocenters. The zero-order valence-electron chi connectivity index (χ0n) is 20.4. The number of carbonyl (C=O) groups excluding carboxylic acids is 2. The van der Waals surface area contributed by atoms with E-state index in [1.807, 2.05) is 55.3 Å². The summed E-state index contributed by atoms with van der Waals surface area (Å²) in [6.45, 7) is 7.45. The molecule has 1 saturated heterocycles. The van der Waals surface area contributed by atoms with Crippen LogP contribution in [-0.2, 0) is 4.79 Å². The van der Waals surface area contributed by atoms with Crippen LogP contribution in [0.5, 0.6) is 0 Å². The lowest BCUT2D eigenvalue weighted by Crippen LogP contribution is -2.51. The monoisotopic (exact) mass is 487 g/mol. The van der Waals surface area contributed by atoms with E-state index in [0.717, 1.165) is 17.0 Å². The maximum atomic E-state index is 13.0. The minimum atomic E-state index is -0.0124. The normalized spacial score (nSPS) is 16.0. The SMILES string of the molecule is CC(C)NC(=O)CN1CCN(C(=O)c2ccc(Nc3ncc(C4=CCN=C4)n4ncnc34)cc2)CC1. The smallest absolute Gasteiger partial charge is 0.253 e. The van der Waals surface area contributed by atoms with E-state index in [4.69, 9.17) is 0 Å². The van der Waals surface area contributed by atoms with E-state index in [2.05, 4.69) is 35.6 Å². The average Bonchev–Trinajstić information content (AvgIpc) is 3.57. The third kappa shape index (κ3) is 5.10. The molecule has 2 aromatic heterocycles. The van der Waals surface area contributed by atoms with Crippen molar-refractivity contribution in [3.8, 4) is 0 Å². The lowest BCUT2D eigenvalue weighted by atomic mass is 10.1. The molecule has 2 aliphatic rings. The molecule has 186 valence electrons. The number of rotatable bonds is 7. The van der Waals surface area contributed by atoms with E-state index in [9.17, 15) is 9.59 Å². The van der Waals surface area contributed by atoms with Crippen LogP contribution in [0.2, 0.25) is 0 Å². The zero-order valence-corrected chi connectivity index (χ0v) is 20.4. The lowest BCUT2D eigenvalue weighted by molar-refractivity contribution is -0.123. The van der Waals surface area contributed by atoms with Gasteiger partial charge in [0.05, 0.1) is 25.0 Å². The number of allylic oxidation sites excluding steroid dienone is 1. The lowest BCUT2D eigenvalue weighted by Gasteiger charge is -2.34. The summed E-state index contributed by atoms with van der Waals surface area (Å²) in [5.74, 6) is 0.579. The van der Waals surface area contributed by atoms with Crippen LogP contribution < -0.4 is 10.6 Å². The Bertz CT molecular complexity index is 1320. The van der Waals surface area contributed by atoms with Crippen molar-refractivity contribution in [2.75, 3.05) is 44.6 Å². The van der Waals surface area contributed by atoms with Crippen molar-refractivity contribution in [3.05, 3.63) is 54.1 Å². The van der Waals surface area contributed by atoms with Gasteiger partial charge >= 0.3 is 0 Å². The first-order valence-electron chi connectivity index (χ1n) is 12.0. The second kappa shape index (κ2) is 10.2. The van der Waals surface area contributed by atoms with E-state index < -0.39 is 0 Å². The average molecular weight is 488 g/mol. The number of anilines is 2. The van der Waals surface area contributed by atoms with Crippen LogP contribution in [0.25, 0.3) is 11.2 Å². The summed E-state index contributed by atoms with van der Waals surface area (Å²) in [4.78, 5) is 42.0. The van der Waals surface area contributed by atoms with Gasteiger partial charge in [-0.05, 0) is 38.1 Å². The van der Waals surface area contributed by atoms with E-state index in [0.29, 0.717) is 56.3 Å². The Morgan fingerprint density at radius 3 is 2.53 bits per heavy atom. The predicted octanol–water partition coefficient (Wildman–Crippen LogP) is 1.62. The first-order valence-corrected chi connectivity index (χ1v) is 12.0. The Morgan fingerprint density at radius 1 is 1.06 bits per heavy atom. The minimum absolute atomic E-state index is 0.0124. The van der Waals surface area contributed by atoms with Gasteiger partial charge in [0.1, 0.15) is 6.33 Å². The van der Waals surface area contributed by atoms with Gasteiger partial charge in [-0.25, -0.2) is 14.5 Å². The Hall–Kier alpha value is -4.12. The molecule has 0 bridgehead atoms. The van der Waals surface area contributed by atoms with E-state index in [1.165, 1.54) is 6.33 Å². The summed E-state index contributed by atoms with van der Waals surface area (Å²) in [5, 5.41) is 10.5. The zero-order chi connectivity index (χ0) is 25.1. The van der Waals surface area contributed by atoms with E-state index in [-0.39, 0.29) is 17.9 Å². The Morgan fingerprint density at radius 2 is 1.83 bits per heavy atom. The minimum Gasteiger partial charge on any atom is -0.353 e. The number of piperazine rings is 1. The molecule has 1 aromatic carbocycles. The van der Waals surface area contributed by atoms with Gasteiger partial charge in [-0.3, -0.25) is 19.5 Å². The third-order valence-electron chi connectivity index (χ3n) is 6.12. The molecule has 11 heteroatoms. The number of aliphatic imine (C=N–C) groups is 1. The first-order chi connectivity index (χ1) is 17.5. The van der Waals surface area contributed by atoms with Gasteiger partial charge in [0.15, 0.2) is 11.5 Å².